The molecule has 0 spiro atoms. The van der Waals surface area contributed by atoms with Crippen molar-refractivity contribution in [2.45, 2.75) is 51.5 Å². The van der Waals surface area contributed by atoms with Gasteiger partial charge in [-0.25, -0.2) is 0 Å². The Morgan fingerprint density at radius 3 is 2.43 bits per heavy atom. The van der Waals surface area contributed by atoms with Crippen LogP contribution >= 0.6 is 0 Å². The number of carboxylic acids is 1. The van der Waals surface area contributed by atoms with Gasteiger partial charge >= 0.3 is 5.97 Å². The molecule has 1 aromatic rings. The SMILES string of the molecule is CCc1ccc(C(=O)NC2CCCCCC2C(=O)O)cc1. The molecule has 4 nitrogen and oxygen atoms in total. The zero-order valence-electron chi connectivity index (χ0n) is 12.5. The number of carbonyl (C=O) groups is 2. The Hall–Kier alpha value is -1.84. The molecule has 2 N–H and O–H groups in total. The molecule has 0 heterocycles. The van der Waals surface area contributed by atoms with E-state index in [1.165, 1.54) is 5.56 Å². The number of carbonyl (C=O) groups excluding carboxylic acids is 1. The summed E-state index contributed by atoms with van der Waals surface area (Å²) in [7, 11) is 0. The average Bonchev–Trinajstić information content (AvgIpc) is 2.72. The van der Waals surface area contributed by atoms with Crippen LogP contribution in [0.2, 0.25) is 0 Å². The smallest absolute Gasteiger partial charge is 0.308 e. The number of hydrogen-bond acceptors (Lipinski definition) is 2. The lowest BCUT2D eigenvalue weighted by Crippen LogP contribution is -2.42. The van der Waals surface area contributed by atoms with E-state index in [1.807, 2.05) is 12.1 Å². The fourth-order valence-corrected chi connectivity index (χ4v) is 2.92. The second-order valence-electron chi connectivity index (χ2n) is 5.71. The van der Waals surface area contributed by atoms with E-state index in [-0.39, 0.29) is 11.9 Å². The highest BCUT2D eigenvalue weighted by Crippen LogP contribution is 2.24. The molecule has 114 valence electrons. The Labute approximate surface area is 125 Å². The standard InChI is InChI=1S/C17H23NO3/c1-2-12-8-10-13(11-9-12)16(19)18-15-7-5-3-4-6-14(15)17(20)21/h8-11,14-15H,2-7H2,1H3,(H,18,19)(H,20,21). The summed E-state index contributed by atoms with van der Waals surface area (Å²) < 4.78 is 0. The second kappa shape index (κ2) is 7.25. The Morgan fingerprint density at radius 1 is 1.14 bits per heavy atom. The van der Waals surface area contributed by atoms with E-state index in [0.717, 1.165) is 32.1 Å². The molecular formula is C17H23NO3. The number of benzene rings is 1. The van der Waals surface area contributed by atoms with Crippen molar-refractivity contribution in [1.82, 2.24) is 5.32 Å². The third-order valence-corrected chi connectivity index (χ3v) is 4.27. The first-order valence-corrected chi connectivity index (χ1v) is 7.74. The van der Waals surface area contributed by atoms with E-state index in [0.29, 0.717) is 12.0 Å². The molecule has 2 atom stereocenters. The van der Waals surface area contributed by atoms with Gasteiger partial charge in [-0.3, -0.25) is 9.59 Å². The van der Waals surface area contributed by atoms with Gasteiger partial charge in [0, 0.05) is 11.6 Å². The maximum atomic E-state index is 12.3. The molecule has 0 saturated heterocycles. The van der Waals surface area contributed by atoms with Crippen molar-refractivity contribution in [3.8, 4) is 0 Å². The van der Waals surface area contributed by atoms with Gasteiger partial charge in [0.2, 0.25) is 0 Å². The Bertz CT molecular complexity index is 495. The molecule has 2 unspecified atom stereocenters. The minimum atomic E-state index is -0.802. The summed E-state index contributed by atoms with van der Waals surface area (Å²) in [6.45, 7) is 2.07. The van der Waals surface area contributed by atoms with Gasteiger partial charge in [0.05, 0.1) is 5.92 Å². The number of aliphatic carboxylic acids is 1. The average molecular weight is 289 g/mol. The van der Waals surface area contributed by atoms with Gasteiger partial charge in [-0.2, -0.15) is 0 Å². The molecule has 0 radical (unpaired) electrons. The van der Waals surface area contributed by atoms with Crippen LogP contribution in [0.4, 0.5) is 0 Å². The van der Waals surface area contributed by atoms with Crippen LogP contribution in [-0.2, 0) is 11.2 Å². The topological polar surface area (TPSA) is 66.4 Å². The van der Waals surface area contributed by atoms with E-state index >= 15 is 0 Å². The largest absolute Gasteiger partial charge is 0.481 e. The number of nitrogens with one attached hydrogen (secondary N) is 1. The summed E-state index contributed by atoms with van der Waals surface area (Å²) in [5.41, 5.74) is 1.78. The molecule has 1 amide bonds. The van der Waals surface area contributed by atoms with Crippen LogP contribution < -0.4 is 5.32 Å². The number of hydrogen-bond donors (Lipinski definition) is 2. The molecule has 0 bridgehead atoms. The molecular weight excluding hydrogens is 266 g/mol. The van der Waals surface area contributed by atoms with E-state index < -0.39 is 11.9 Å². The van der Waals surface area contributed by atoms with Crippen LogP contribution in [-0.4, -0.2) is 23.0 Å². The third-order valence-electron chi connectivity index (χ3n) is 4.27. The summed E-state index contributed by atoms with van der Waals surface area (Å²) in [6.07, 6.45) is 5.27. The highest BCUT2D eigenvalue weighted by atomic mass is 16.4. The van der Waals surface area contributed by atoms with Gasteiger partial charge in [-0.1, -0.05) is 38.3 Å². The Morgan fingerprint density at radius 2 is 1.81 bits per heavy atom. The van der Waals surface area contributed by atoms with Crippen LogP contribution in [0, 0.1) is 5.92 Å². The zero-order valence-corrected chi connectivity index (χ0v) is 12.5. The maximum Gasteiger partial charge on any atom is 0.308 e. The highest BCUT2D eigenvalue weighted by Gasteiger charge is 2.30. The monoisotopic (exact) mass is 289 g/mol. The molecule has 0 aromatic heterocycles. The van der Waals surface area contributed by atoms with Gasteiger partial charge in [0.15, 0.2) is 0 Å². The van der Waals surface area contributed by atoms with Crippen molar-refractivity contribution >= 4 is 11.9 Å². The number of rotatable bonds is 4. The third kappa shape index (κ3) is 4.06. The lowest BCUT2D eigenvalue weighted by molar-refractivity contribution is -0.142. The first-order valence-electron chi connectivity index (χ1n) is 7.74. The van der Waals surface area contributed by atoms with Crippen LogP contribution in [0.25, 0.3) is 0 Å². The number of aryl methyl sites for hydroxylation is 1. The molecule has 1 aliphatic carbocycles. The minimum absolute atomic E-state index is 0.171. The van der Waals surface area contributed by atoms with Crippen molar-refractivity contribution in [3.05, 3.63) is 35.4 Å². The fourth-order valence-electron chi connectivity index (χ4n) is 2.92. The summed E-state index contributed by atoms with van der Waals surface area (Å²) >= 11 is 0. The summed E-state index contributed by atoms with van der Waals surface area (Å²) in [5, 5.41) is 12.3. The summed E-state index contributed by atoms with van der Waals surface area (Å²) in [5.74, 6) is -1.44. The van der Waals surface area contributed by atoms with Crippen LogP contribution in [0.5, 0.6) is 0 Å². The van der Waals surface area contributed by atoms with Gasteiger partial charge in [-0.15, -0.1) is 0 Å². The Balaban J connectivity index is 2.06. The van der Waals surface area contributed by atoms with Gasteiger partial charge < -0.3 is 10.4 Å². The van der Waals surface area contributed by atoms with E-state index in [4.69, 9.17) is 0 Å². The lowest BCUT2D eigenvalue weighted by Gasteiger charge is -2.22. The molecule has 0 aliphatic heterocycles. The minimum Gasteiger partial charge on any atom is -0.481 e. The van der Waals surface area contributed by atoms with E-state index in [9.17, 15) is 14.7 Å². The highest BCUT2D eigenvalue weighted by molar-refractivity contribution is 5.94. The molecule has 1 saturated carbocycles. The molecule has 4 heteroatoms. The van der Waals surface area contributed by atoms with Crippen LogP contribution in [0.15, 0.2) is 24.3 Å². The van der Waals surface area contributed by atoms with Crippen LogP contribution in [0.1, 0.15) is 54.9 Å². The predicted molar refractivity (Wildman–Crippen MR) is 81.3 cm³/mol. The summed E-state index contributed by atoms with van der Waals surface area (Å²) in [6, 6.07) is 7.23. The van der Waals surface area contributed by atoms with Crippen molar-refractivity contribution in [3.63, 3.8) is 0 Å². The molecule has 1 fully saturated rings. The number of carboxylic acid groups (broad SMARTS) is 1. The first kappa shape index (κ1) is 15.5. The quantitative estimate of drug-likeness (QED) is 0.837. The molecule has 1 aromatic carbocycles. The maximum absolute atomic E-state index is 12.3. The van der Waals surface area contributed by atoms with Crippen molar-refractivity contribution in [2.75, 3.05) is 0 Å². The Kier molecular flexibility index (Phi) is 5.37. The van der Waals surface area contributed by atoms with Crippen LogP contribution in [0.3, 0.4) is 0 Å². The molecule has 2 rings (SSSR count). The molecule has 1 aliphatic rings. The first-order chi connectivity index (χ1) is 10.1. The lowest BCUT2D eigenvalue weighted by atomic mass is 9.94. The normalized spacial score (nSPS) is 22.3. The predicted octanol–water partition coefficient (Wildman–Crippen LogP) is 3.01. The fraction of sp³-hybridized carbons (Fsp3) is 0.529. The zero-order chi connectivity index (χ0) is 15.2. The van der Waals surface area contributed by atoms with E-state index in [2.05, 4.69) is 12.2 Å². The molecule has 21 heavy (non-hydrogen) atoms. The van der Waals surface area contributed by atoms with Gasteiger partial charge in [0.25, 0.3) is 5.91 Å². The van der Waals surface area contributed by atoms with E-state index in [1.54, 1.807) is 12.1 Å². The number of amides is 1. The van der Waals surface area contributed by atoms with Crippen molar-refractivity contribution in [1.29, 1.82) is 0 Å². The van der Waals surface area contributed by atoms with Gasteiger partial charge in [0.1, 0.15) is 0 Å². The second-order valence-corrected chi connectivity index (χ2v) is 5.71. The van der Waals surface area contributed by atoms with Crippen molar-refractivity contribution in [2.24, 2.45) is 5.92 Å². The summed E-state index contributed by atoms with van der Waals surface area (Å²) in [4.78, 5) is 23.7. The van der Waals surface area contributed by atoms with Crippen molar-refractivity contribution < 1.29 is 14.7 Å². The van der Waals surface area contributed by atoms with Gasteiger partial charge in [-0.05, 0) is 37.0 Å².